The van der Waals surface area contributed by atoms with Crippen LogP contribution in [0.15, 0.2) is 78.7 Å². The Hall–Kier alpha value is -3.27. The van der Waals surface area contributed by atoms with E-state index in [-0.39, 0.29) is 43.5 Å². The molecular weight excluding hydrogens is 685 g/mol. The van der Waals surface area contributed by atoms with Gasteiger partial charge in [-0.1, -0.05) is 84.0 Å². The van der Waals surface area contributed by atoms with Gasteiger partial charge in [-0.25, -0.2) is 0 Å². The maximum atomic E-state index is 11.7. The number of aliphatic hydroxyl groups is 1. The Labute approximate surface area is 257 Å². The summed E-state index contributed by atoms with van der Waals surface area (Å²) in [5, 5.41) is 13.5. The van der Waals surface area contributed by atoms with Crippen LogP contribution in [0.3, 0.4) is 0 Å². The maximum absolute atomic E-state index is 11.7. The van der Waals surface area contributed by atoms with Crippen molar-refractivity contribution in [3.63, 3.8) is 0 Å². The summed E-state index contributed by atoms with van der Waals surface area (Å²) in [7, 11) is 0. The zero-order chi connectivity index (χ0) is 28.8. The van der Waals surface area contributed by atoms with Gasteiger partial charge in [0.05, 0.1) is 22.6 Å². The molecule has 41 heavy (non-hydrogen) atoms. The number of fused-ring (bicyclic) bond motifs is 5. The van der Waals surface area contributed by atoms with E-state index in [9.17, 15) is 9.90 Å². The van der Waals surface area contributed by atoms with Crippen molar-refractivity contribution in [1.82, 2.24) is 9.38 Å². The van der Waals surface area contributed by atoms with Gasteiger partial charge in [-0.2, -0.15) is 0 Å². The number of pyridine rings is 1. The van der Waals surface area contributed by atoms with E-state index in [2.05, 4.69) is 85.0 Å². The molecule has 0 aliphatic carbocycles. The maximum Gasteiger partial charge on any atom is 0.162 e. The van der Waals surface area contributed by atoms with Crippen molar-refractivity contribution < 1.29 is 30.0 Å². The predicted molar refractivity (Wildman–Crippen MR) is 168 cm³/mol. The molecule has 0 spiro atoms. The minimum atomic E-state index is 0. The van der Waals surface area contributed by atoms with Gasteiger partial charge < -0.3 is 9.51 Å². The molecule has 217 valence electrons. The number of ketones is 1. The molecular formula is C36H41IrN2O2-. The van der Waals surface area contributed by atoms with Gasteiger partial charge in [-0.3, -0.25) is 9.78 Å². The number of hydrogen-bond acceptors (Lipinski definition) is 3. The second kappa shape index (κ2) is 14.6. The van der Waals surface area contributed by atoms with Gasteiger partial charge in [-0.05, 0) is 42.5 Å². The standard InChI is InChI=1S/C23H17N2.C13H24O2.Ir/c1-15-11-16(2)13-19(12-15)23-24-14-20-10-9-18-8-7-17-5-3-4-6-21(17)22(18)25(20)23;1-5-10(6-2)12(14)9-13(15)11(7-3)8-4;/h3-12,14H,1-2H3;9-11,14H,5-8H2,1-4H3;/q-1;;. The van der Waals surface area contributed by atoms with Crippen LogP contribution < -0.4 is 0 Å². The van der Waals surface area contributed by atoms with Crippen molar-refractivity contribution in [1.29, 1.82) is 0 Å². The number of carbonyl (C=O) groups is 1. The molecule has 1 radical (unpaired) electrons. The molecule has 0 atom stereocenters. The zero-order valence-corrected chi connectivity index (χ0v) is 27.4. The quantitative estimate of drug-likeness (QED) is 0.0751. The number of hydrogen-bond donors (Lipinski definition) is 1. The third-order valence-electron chi connectivity index (χ3n) is 7.85. The smallest absolute Gasteiger partial charge is 0.162 e. The first-order valence-electron chi connectivity index (χ1n) is 14.5. The Morgan fingerprint density at radius 2 is 1.54 bits per heavy atom. The van der Waals surface area contributed by atoms with Crippen molar-refractivity contribution in [3.8, 4) is 11.4 Å². The van der Waals surface area contributed by atoms with Gasteiger partial charge >= 0.3 is 0 Å². The summed E-state index contributed by atoms with van der Waals surface area (Å²) in [6.45, 7) is 12.3. The van der Waals surface area contributed by atoms with Gasteiger partial charge in [0, 0.05) is 49.6 Å². The molecule has 3 aromatic carbocycles. The molecule has 5 rings (SSSR count). The van der Waals surface area contributed by atoms with Gasteiger partial charge in [0.1, 0.15) is 0 Å². The monoisotopic (exact) mass is 726 g/mol. The molecule has 5 aromatic rings. The van der Waals surface area contributed by atoms with E-state index >= 15 is 0 Å². The van der Waals surface area contributed by atoms with Crippen molar-refractivity contribution in [2.24, 2.45) is 11.8 Å². The van der Waals surface area contributed by atoms with Crippen LogP contribution in [0, 0.1) is 31.7 Å². The van der Waals surface area contributed by atoms with E-state index in [0.717, 1.165) is 48.2 Å². The van der Waals surface area contributed by atoms with Crippen molar-refractivity contribution >= 4 is 33.0 Å². The third kappa shape index (κ3) is 7.15. The SMILES string of the molecule is CCC(CC)C(=O)C=C(O)C(CC)CC.Cc1[c-]c(-c2ncc3ccc4ccc5ccccc5c4n23)cc(C)c1.[Ir]. The van der Waals surface area contributed by atoms with E-state index in [0.29, 0.717) is 0 Å². The number of carbonyl (C=O) groups excluding carboxylic acids is 1. The average molecular weight is 726 g/mol. The molecule has 2 heterocycles. The normalized spacial score (nSPS) is 11.7. The molecule has 0 fully saturated rings. The number of rotatable bonds is 8. The van der Waals surface area contributed by atoms with Crippen molar-refractivity contribution in [2.45, 2.75) is 67.2 Å². The fourth-order valence-corrected chi connectivity index (χ4v) is 5.53. The summed E-state index contributed by atoms with van der Waals surface area (Å²) >= 11 is 0. The molecule has 0 bridgehead atoms. The Morgan fingerprint density at radius 3 is 2.20 bits per heavy atom. The van der Waals surface area contributed by atoms with E-state index in [1.807, 2.05) is 33.9 Å². The molecule has 4 nitrogen and oxygen atoms in total. The summed E-state index contributed by atoms with van der Waals surface area (Å²) < 4.78 is 2.27. The van der Waals surface area contributed by atoms with Crippen LogP contribution in [0.5, 0.6) is 0 Å². The van der Waals surface area contributed by atoms with E-state index in [1.165, 1.54) is 33.3 Å². The van der Waals surface area contributed by atoms with Crippen molar-refractivity contribution in [3.05, 3.63) is 95.9 Å². The number of benzene rings is 3. The van der Waals surface area contributed by atoms with E-state index < -0.39 is 0 Å². The predicted octanol–water partition coefficient (Wildman–Crippen LogP) is 9.59. The molecule has 0 aliphatic rings. The first-order valence-corrected chi connectivity index (χ1v) is 14.5. The van der Waals surface area contributed by atoms with Crippen molar-refractivity contribution in [2.75, 3.05) is 0 Å². The molecule has 0 unspecified atom stereocenters. The topological polar surface area (TPSA) is 54.6 Å². The summed E-state index contributed by atoms with van der Waals surface area (Å²) in [5.41, 5.74) is 5.71. The Kier molecular flexibility index (Phi) is 11.5. The number of allylic oxidation sites excluding steroid dienone is 2. The molecule has 1 N–H and O–H groups in total. The fourth-order valence-electron chi connectivity index (χ4n) is 5.53. The van der Waals surface area contributed by atoms with Gasteiger partial charge in [0.2, 0.25) is 0 Å². The van der Waals surface area contributed by atoms with Crippen LogP contribution in [0.4, 0.5) is 0 Å². The third-order valence-corrected chi connectivity index (χ3v) is 7.85. The first kappa shape index (κ1) is 32.2. The Bertz CT molecular complexity index is 1640. The van der Waals surface area contributed by atoms with Gasteiger partial charge in [-0.15, -0.1) is 34.9 Å². The molecule has 0 saturated heterocycles. The largest absolute Gasteiger partial charge is 0.512 e. The first-order chi connectivity index (χ1) is 19.3. The summed E-state index contributed by atoms with van der Waals surface area (Å²) in [6, 6.07) is 25.0. The van der Waals surface area contributed by atoms with E-state index in [4.69, 9.17) is 4.98 Å². The fraction of sp³-hybridized carbons (Fsp3) is 0.333. The minimum Gasteiger partial charge on any atom is -0.512 e. The molecule has 0 saturated carbocycles. The molecule has 0 amide bonds. The van der Waals surface area contributed by atoms with Crippen LogP contribution in [-0.4, -0.2) is 20.3 Å². The number of aliphatic hydroxyl groups excluding tert-OH is 1. The summed E-state index contributed by atoms with van der Waals surface area (Å²) in [5.74, 6) is 1.50. The van der Waals surface area contributed by atoms with Crippen LogP contribution in [-0.2, 0) is 24.9 Å². The van der Waals surface area contributed by atoms with E-state index in [1.54, 1.807) is 0 Å². The number of aromatic nitrogens is 2. The van der Waals surface area contributed by atoms with Crippen LogP contribution in [0.2, 0.25) is 0 Å². The summed E-state index contributed by atoms with van der Waals surface area (Å²) in [4.78, 5) is 16.5. The average Bonchev–Trinajstić information content (AvgIpc) is 3.38. The number of aryl methyl sites for hydroxylation is 2. The summed E-state index contributed by atoms with van der Waals surface area (Å²) in [6.07, 6.45) is 6.85. The van der Waals surface area contributed by atoms with Gasteiger partial charge in [0.15, 0.2) is 5.78 Å². The zero-order valence-electron chi connectivity index (χ0n) is 25.0. The van der Waals surface area contributed by atoms with Crippen LogP contribution in [0.25, 0.3) is 38.6 Å². The second-order valence-electron chi connectivity index (χ2n) is 10.7. The Balaban J connectivity index is 0.000000253. The van der Waals surface area contributed by atoms with Crippen LogP contribution in [0.1, 0.15) is 64.5 Å². The molecule has 2 aromatic heterocycles. The number of nitrogens with zero attached hydrogens (tertiary/aromatic N) is 2. The minimum absolute atomic E-state index is 0. The van der Waals surface area contributed by atoms with Crippen LogP contribution >= 0.6 is 0 Å². The number of imidazole rings is 1. The Morgan fingerprint density at radius 1 is 0.902 bits per heavy atom. The molecule has 0 aliphatic heterocycles. The second-order valence-corrected chi connectivity index (χ2v) is 10.7. The molecule has 5 heteroatoms. The van der Waals surface area contributed by atoms with Gasteiger partial charge in [0.25, 0.3) is 0 Å².